The maximum atomic E-state index is 11.3. The number of hydrogen-bond acceptors (Lipinski definition) is 5. The summed E-state index contributed by atoms with van der Waals surface area (Å²) in [5.74, 6) is 1.49. The molecule has 2 aromatic rings. The topological polar surface area (TPSA) is 82.3 Å². The minimum absolute atomic E-state index is 0.255. The van der Waals surface area contributed by atoms with E-state index in [-0.39, 0.29) is 4.90 Å². The third-order valence-corrected chi connectivity index (χ3v) is 3.38. The first-order valence-corrected chi connectivity index (χ1v) is 7.04. The number of anilines is 1. The summed E-state index contributed by atoms with van der Waals surface area (Å²) in [5, 5.41) is 0. The first kappa shape index (κ1) is 12.4. The highest BCUT2D eigenvalue weighted by atomic mass is 32.2. The fourth-order valence-electron chi connectivity index (χ4n) is 1.34. The summed E-state index contributed by atoms with van der Waals surface area (Å²) >= 11 is 0. The van der Waals surface area contributed by atoms with Crippen LogP contribution in [0.1, 0.15) is 0 Å². The molecular formula is C12H12N2O3S. The molecule has 1 aromatic heterocycles. The highest BCUT2D eigenvalue weighted by Gasteiger charge is 2.06. The van der Waals surface area contributed by atoms with Crippen molar-refractivity contribution in [1.82, 2.24) is 4.98 Å². The lowest BCUT2D eigenvalue weighted by atomic mass is 10.3. The van der Waals surface area contributed by atoms with Gasteiger partial charge in [0.25, 0.3) is 0 Å². The van der Waals surface area contributed by atoms with E-state index in [4.69, 9.17) is 10.5 Å². The maximum Gasteiger partial charge on any atom is 0.175 e. The second-order valence-electron chi connectivity index (χ2n) is 3.76. The van der Waals surface area contributed by atoms with Crippen molar-refractivity contribution in [2.24, 2.45) is 0 Å². The van der Waals surface area contributed by atoms with E-state index in [0.29, 0.717) is 17.3 Å². The number of hydrogen-bond donors (Lipinski definition) is 1. The Morgan fingerprint density at radius 3 is 2.17 bits per heavy atom. The lowest BCUT2D eigenvalue weighted by Crippen LogP contribution is -1.96. The summed E-state index contributed by atoms with van der Waals surface area (Å²) in [6, 6.07) is 9.48. The van der Waals surface area contributed by atoms with Gasteiger partial charge in [0.2, 0.25) is 0 Å². The second-order valence-corrected chi connectivity index (χ2v) is 5.78. The number of benzene rings is 1. The summed E-state index contributed by atoms with van der Waals surface area (Å²) in [6.07, 6.45) is 2.66. The lowest BCUT2D eigenvalue weighted by molar-refractivity contribution is 0.480. The Morgan fingerprint density at radius 1 is 1.06 bits per heavy atom. The Bertz CT molecular complexity index is 634. The Balaban J connectivity index is 2.18. The molecular weight excluding hydrogens is 252 g/mol. The van der Waals surface area contributed by atoms with Crippen LogP contribution >= 0.6 is 0 Å². The molecule has 2 N–H and O–H groups in total. The van der Waals surface area contributed by atoms with E-state index in [9.17, 15) is 8.42 Å². The molecule has 0 spiro atoms. The van der Waals surface area contributed by atoms with Crippen molar-refractivity contribution < 1.29 is 13.2 Å². The number of nitrogens with zero attached hydrogens (tertiary/aromatic N) is 1. The zero-order valence-electron chi connectivity index (χ0n) is 9.70. The zero-order chi connectivity index (χ0) is 13.2. The minimum Gasteiger partial charge on any atom is -0.456 e. The van der Waals surface area contributed by atoms with Crippen LogP contribution in [-0.4, -0.2) is 19.7 Å². The van der Waals surface area contributed by atoms with Crippen LogP contribution in [0.15, 0.2) is 47.5 Å². The third-order valence-electron chi connectivity index (χ3n) is 2.25. The molecule has 0 unspecified atom stereocenters. The zero-order valence-corrected chi connectivity index (χ0v) is 10.5. The van der Waals surface area contributed by atoms with Gasteiger partial charge in [-0.2, -0.15) is 0 Å². The van der Waals surface area contributed by atoms with Gasteiger partial charge in [0.15, 0.2) is 9.84 Å². The van der Waals surface area contributed by atoms with Gasteiger partial charge in [-0.25, -0.2) is 13.4 Å². The molecule has 1 aromatic carbocycles. The molecule has 0 aliphatic rings. The van der Waals surface area contributed by atoms with Crippen LogP contribution in [-0.2, 0) is 9.84 Å². The maximum absolute atomic E-state index is 11.3. The summed E-state index contributed by atoms with van der Waals surface area (Å²) in [4.78, 5) is 4.14. The van der Waals surface area contributed by atoms with Gasteiger partial charge in [-0.15, -0.1) is 0 Å². The minimum atomic E-state index is -3.18. The van der Waals surface area contributed by atoms with E-state index >= 15 is 0 Å². The molecule has 0 bridgehead atoms. The van der Waals surface area contributed by atoms with Crippen LogP contribution in [0.4, 0.5) is 5.82 Å². The largest absolute Gasteiger partial charge is 0.456 e. The molecule has 0 atom stereocenters. The molecule has 18 heavy (non-hydrogen) atoms. The SMILES string of the molecule is CS(=O)(=O)c1ccc(Oc2ccc(N)nc2)cc1. The van der Waals surface area contributed by atoms with Crippen molar-refractivity contribution in [1.29, 1.82) is 0 Å². The molecule has 0 aliphatic carbocycles. The van der Waals surface area contributed by atoms with E-state index in [2.05, 4.69) is 4.98 Å². The summed E-state index contributed by atoms with van der Waals surface area (Å²) in [6.45, 7) is 0. The molecule has 1 heterocycles. The first-order chi connectivity index (χ1) is 8.45. The van der Waals surface area contributed by atoms with E-state index in [1.165, 1.54) is 18.3 Å². The van der Waals surface area contributed by atoms with Crippen LogP contribution in [0.2, 0.25) is 0 Å². The lowest BCUT2D eigenvalue weighted by Gasteiger charge is -2.06. The van der Waals surface area contributed by atoms with Gasteiger partial charge in [-0.3, -0.25) is 0 Å². The molecule has 2 rings (SSSR count). The Hall–Kier alpha value is -2.08. The normalized spacial score (nSPS) is 11.2. The van der Waals surface area contributed by atoms with Crippen LogP contribution in [0.5, 0.6) is 11.5 Å². The molecule has 0 saturated heterocycles. The van der Waals surface area contributed by atoms with Crippen LogP contribution < -0.4 is 10.5 Å². The van der Waals surface area contributed by atoms with Crippen LogP contribution in [0.3, 0.4) is 0 Å². The number of sulfone groups is 1. The second kappa shape index (κ2) is 4.66. The molecule has 5 nitrogen and oxygen atoms in total. The van der Waals surface area contributed by atoms with Crippen molar-refractivity contribution in [2.45, 2.75) is 4.90 Å². The average molecular weight is 264 g/mol. The van der Waals surface area contributed by atoms with Gasteiger partial charge in [0.1, 0.15) is 17.3 Å². The molecule has 0 amide bonds. The summed E-state index contributed by atoms with van der Waals surface area (Å²) in [5.41, 5.74) is 5.45. The number of pyridine rings is 1. The predicted octanol–water partition coefficient (Wildman–Crippen LogP) is 1.86. The van der Waals surface area contributed by atoms with Gasteiger partial charge in [-0.1, -0.05) is 0 Å². The molecule has 0 radical (unpaired) electrons. The van der Waals surface area contributed by atoms with Crippen molar-refractivity contribution in [3.8, 4) is 11.5 Å². The fraction of sp³-hybridized carbons (Fsp3) is 0.0833. The van der Waals surface area contributed by atoms with Crippen molar-refractivity contribution in [2.75, 3.05) is 12.0 Å². The highest BCUT2D eigenvalue weighted by molar-refractivity contribution is 7.90. The van der Waals surface area contributed by atoms with Crippen molar-refractivity contribution in [3.63, 3.8) is 0 Å². The molecule has 0 aliphatic heterocycles. The Labute approximate surface area is 105 Å². The number of rotatable bonds is 3. The average Bonchev–Trinajstić information content (AvgIpc) is 2.32. The highest BCUT2D eigenvalue weighted by Crippen LogP contribution is 2.22. The Kier molecular flexibility index (Phi) is 3.20. The third kappa shape index (κ3) is 2.98. The van der Waals surface area contributed by atoms with E-state index in [1.807, 2.05) is 0 Å². The van der Waals surface area contributed by atoms with E-state index in [1.54, 1.807) is 24.3 Å². The van der Waals surface area contributed by atoms with Gasteiger partial charge < -0.3 is 10.5 Å². The van der Waals surface area contributed by atoms with Crippen molar-refractivity contribution in [3.05, 3.63) is 42.6 Å². The standard InChI is InChI=1S/C12H12N2O3S/c1-18(15,16)11-5-2-9(3-6-11)17-10-4-7-12(13)14-8-10/h2-8H,1H3,(H2,13,14). The quantitative estimate of drug-likeness (QED) is 0.915. The smallest absolute Gasteiger partial charge is 0.175 e. The molecule has 0 saturated carbocycles. The summed E-state index contributed by atoms with van der Waals surface area (Å²) in [7, 11) is -3.18. The van der Waals surface area contributed by atoms with E-state index in [0.717, 1.165) is 6.26 Å². The fourth-order valence-corrected chi connectivity index (χ4v) is 1.97. The predicted molar refractivity (Wildman–Crippen MR) is 68.3 cm³/mol. The van der Waals surface area contributed by atoms with Crippen LogP contribution in [0, 0.1) is 0 Å². The number of nitrogen functional groups attached to an aromatic ring is 1. The number of ether oxygens (including phenoxy) is 1. The number of aromatic nitrogens is 1. The monoisotopic (exact) mass is 264 g/mol. The van der Waals surface area contributed by atoms with Gasteiger partial charge in [0.05, 0.1) is 11.1 Å². The van der Waals surface area contributed by atoms with Crippen LogP contribution in [0.25, 0.3) is 0 Å². The van der Waals surface area contributed by atoms with Gasteiger partial charge >= 0.3 is 0 Å². The molecule has 6 heteroatoms. The Morgan fingerprint density at radius 2 is 1.67 bits per heavy atom. The number of nitrogens with two attached hydrogens (primary N) is 1. The summed E-state index contributed by atoms with van der Waals surface area (Å²) < 4.78 is 28.0. The van der Waals surface area contributed by atoms with E-state index < -0.39 is 9.84 Å². The van der Waals surface area contributed by atoms with Gasteiger partial charge in [0, 0.05) is 6.26 Å². The van der Waals surface area contributed by atoms with Gasteiger partial charge in [-0.05, 0) is 36.4 Å². The van der Waals surface area contributed by atoms with Crippen molar-refractivity contribution >= 4 is 15.7 Å². The first-order valence-electron chi connectivity index (χ1n) is 5.15. The molecule has 0 fully saturated rings. The molecule has 94 valence electrons.